The van der Waals surface area contributed by atoms with Crippen molar-refractivity contribution < 1.29 is 28.4 Å². The minimum Gasteiger partial charge on any atom is -0.455 e. The van der Waals surface area contributed by atoms with Crippen molar-refractivity contribution in [2.75, 3.05) is 12.5 Å². The first-order valence-corrected chi connectivity index (χ1v) is 17.8. The number of hydrogen-bond acceptors (Lipinski definition) is 9. The third-order valence-corrected chi connectivity index (χ3v) is 11.2. The summed E-state index contributed by atoms with van der Waals surface area (Å²) >= 11 is 1.55. The number of rotatable bonds is 5. The first kappa shape index (κ1) is 35.3. The molecule has 8 atom stereocenters. The molecule has 2 fully saturated rings. The minimum atomic E-state index is -1.02. The number of aromatic nitrogens is 1. The highest BCUT2D eigenvalue weighted by Gasteiger charge is 2.62. The molecule has 1 N–H and O–H groups in total. The molecule has 11 heteroatoms. The van der Waals surface area contributed by atoms with Crippen LogP contribution >= 0.6 is 11.3 Å². The molecule has 2 amide bonds. The van der Waals surface area contributed by atoms with E-state index in [-0.39, 0.29) is 41.2 Å². The summed E-state index contributed by atoms with van der Waals surface area (Å²) in [5.74, 6) is 5.98. The fraction of sp³-hybridized carbons (Fsp3) is 0.568. The van der Waals surface area contributed by atoms with Gasteiger partial charge < -0.3 is 9.47 Å². The number of imide groups is 1. The van der Waals surface area contributed by atoms with Gasteiger partial charge in [0, 0.05) is 43.3 Å². The molecule has 3 aliphatic rings. The van der Waals surface area contributed by atoms with Crippen LogP contribution in [0.25, 0.3) is 0 Å². The molecular formula is C37H48N5O5S+. The first-order valence-electron chi connectivity index (χ1n) is 17.0. The number of ether oxygens (including phenoxy) is 2. The average molecular weight is 675 g/mol. The molecule has 48 heavy (non-hydrogen) atoms. The van der Waals surface area contributed by atoms with E-state index in [1.165, 1.54) is 7.05 Å². The van der Waals surface area contributed by atoms with Gasteiger partial charge in [-0.05, 0) is 69.7 Å². The van der Waals surface area contributed by atoms with Crippen molar-refractivity contribution in [1.82, 2.24) is 9.88 Å². The van der Waals surface area contributed by atoms with Crippen LogP contribution in [0.5, 0.6) is 0 Å². The van der Waals surface area contributed by atoms with Crippen LogP contribution in [0.15, 0.2) is 41.6 Å². The van der Waals surface area contributed by atoms with Crippen LogP contribution in [0.2, 0.25) is 0 Å². The molecule has 3 aliphatic heterocycles. The number of esters is 1. The van der Waals surface area contributed by atoms with Crippen molar-refractivity contribution in [1.29, 1.82) is 0 Å². The Morgan fingerprint density at radius 1 is 1.17 bits per heavy atom. The van der Waals surface area contributed by atoms with Gasteiger partial charge in [0.05, 0.1) is 22.9 Å². The minimum absolute atomic E-state index is 0.0369. The Hall–Kier alpha value is -4.04. The number of hydrazone groups is 1. The lowest BCUT2D eigenvalue weighted by atomic mass is 9.72. The smallest absolute Gasteiger partial charge is 0.416 e. The zero-order chi connectivity index (χ0) is 34.6. The summed E-state index contributed by atoms with van der Waals surface area (Å²) in [6.45, 7) is 12.3. The molecule has 2 aromatic heterocycles. The lowest BCUT2D eigenvalue weighted by molar-refractivity contribution is -0.604. The van der Waals surface area contributed by atoms with E-state index in [1.54, 1.807) is 23.7 Å². The van der Waals surface area contributed by atoms with E-state index in [0.29, 0.717) is 31.5 Å². The van der Waals surface area contributed by atoms with Gasteiger partial charge in [0.1, 0.15) is 24.2 Å². The van der Waals surface area contributed by atoms with Gasteiger partial charge in [0.25, 0.3) is 0 Å². The highest BCUT2D eigenvalue weighted by molar-refractivity contribution is 7.14. The SMILES string of the molecule is CC[C@H]1OC(=O)N(C)C(=O)[C@H](C)C[C@](C)(CC#Cc2ccc(C=NNc3ccccn3)s2)C[C@@H](C)[N+]2=CCCC3C(=O)O[C@@]1(C)[C@H]3[C@H]2C. The summed E-state index contributed by atoms with van der Waals surface area (Å²) in [6.07, 6.45) is 8.08. The van der Waals surface area contributed by atoms with Gasteiger partial charge in [0.2, 0.25) is 5.91 Å². The van der Waals surface area contributed by atoms with Crippen molar-refractivity contribution in [3.05, 3.63) is 46.3 Å². The van der Waals surface area contributed by atoms with Crippen molar-refractivity contribution >= 4 is 47.6 Å². The number of thiophene rings is 1. The van der Waals surface area contributed by atoms with Crippen LogP contribution in [0.3, 0.4) is 0 Å². The Morgan fingerprint density at radius 3 is 2.69 bits per heavy atom. The Labute approximate surface area is 288 Å². The second-order valence-corrected chi connectivity index (χ2v) is 15.2. The topological polar surface area (TPSA) is 113 Å². The number of fused-ring (bicyclic) bond motifs is 1. The molecule has 5 heterocycles. The molecule has 0 aliphatic carbocycles. The Balaban J connectivity index is 1.41. The zero-order valence-electron chi connectivity index (χ0n) is 29.1. The van der Waals surface area contributed by atoms with Gasteiger partial charge in [-0.2, -0.15) is 5.10 Å². The summed E-state index contributed by atoms with van der Waals surface area (Å²) < 4.78 is 14.5. The monoisotopic (exact) mass is 674 g/mol. The van der Waals surface area contributed by atoms with Crippen LogP contribution in [0, 0.1) is 35.0 Å². The average Bonchev–Trinajstić information content (AvgIpc) is 3.54. The second-order valence-electron chi connectivity index (χ2n) is 14.1. The van der Waals surface area contributed by atoms with Crippen molar-refractivity contribution in [2.24, 2.45) is 28.3 Å². The van der Waals surface area contributed by atoms with E-state index in [4.69, 9.17) is 9.47 Å². The van der Waals surface area contributed by atoms with Crippen LogP contribution in [0.4, 0.5) is 10.6 Å². The van der Waals surface area contributed by atoms with Gasteiger partial charge >= 0.3 is 12.1 Å². The maximum absolute atomic E-state index is 13.6. The summed E-state index contributed by atoms with van der Waals surface area (Å²) in [4.78, 5) is 47.5. The van der Waals surface area contributed by atoms with E-state index in [2.05, 4.69) is 58.9 Å². The van der Waals surface area contributed by atoms with E-state index in [1.807, 2.05) is 51.1 Å². The molecule has 0 radical (unpaired) electrons. The Morgan fingerprint density at radius 2 is 1.96 bits per heavy atom. The third kappa shape index (κ3) is 7.49. The number of cyclic esters (lactones) is 1. The third-order valence-electron chi connectivity index (χ3n) is 10.3. The molecule has 2 bridgehead atoms. The van der Waals surface area contributed by atoms with E-state index in [0.717, 1.165) is 27.5 Å². The number of carbonyl (C=O) groups is 3. The molecule has 256 valence electrons. The summed E-state index contributed by atoms with van der Waals surface area (Å²) in [7, 11) is 1.47. The number of carbonyl (C=O) groups excluding carboxylic acids is 3. The lowest BCUT2D eigenvalue weighted by Crippen LogP contribution is -2.55. The van der Waals surface area contributed by atoms with Gasteiger partial charge in [-0.3, -0.25) is 19.9 Å². The maximum Gasteiger partial charge on any atom is 0.416 e. The summed E-state index contributed by atoms with van der Waals surface area (Å²) in [5, 5.41) is 4.28. The number of nitrogens with zero attached hydrogens (tertiary/aromatic N) is 4. The van der Waals surface area contributed by atoms with Crippen LogP contribution in [-0.2, 0) is 19.1 Å². The number of hydrogen-bond donors (Lipinski definition) is 1. The standard InChI is InChI=1S/C37H48N5O5S/c1-8-30-37(6)32-26(4)42(20-12-14-29(32)34(44)47-37)25(3)22-36(5,21-24(2)33(43)41(7)35(45)46-30)18-11-13-27-16-17-28(48-27)23-39-40-31-15-9-10-19-38-31/h9-10,15-17,19-20,23-26,29-30,32H,8,12,14,18,21-22H2,1-7H3,(H,38,40)/q+1/t24-,25-,26-,29?,30-,32+,36+,37-/m1/s1. The van der Waals surface area contributed by atoms with Crippen molar-refractivity contribution in [2.45, 2.75) is 104 Å². The van der Waals surface area contributed by atoms with E-state index in [9.17, 15) is 14.4 Å². The predicted octanol–water partition coefficient (Wildman–Crippen LogP) is 6.34. The molecule has 0 saturated carbocycles. The molecule has 10 nitrogen and oxygen atoms in total. The molecular weight excluding hydrogens is 627 g/mol. The fourth-order valence-corrected chi connectivity index (χ4v) is 8.92. The molecule has 0 spiro atoms. The second kappa shape index (κ2) is 14.6. The fourth-order valence-electron chi connectivity index (χ4n) is 8.16. The number of anilines is 1. The highest BCUT2D eigenvalue weighted by Crippen LogP contribution is 2.48. The van der Waals surface area contributed by atoms with Crippen molar-refractivity contribution in [3.8, 4) is 11.8 Å². The van der Waals surface area contributed by atoms with Gasteiger partial charge in [-0.25, -0.2) is 14.4 Å². The van der Waals surface area contributed by atoms with Gasteiger partial charge in [0.15, 0.2) is 11.6 Å². The highest BCUT2D eigenvalue weighted by atomic mass is 32.1. The molecule has 1 unspecified atom stereocenters. The zero-order valence-corrected chi connectivity index (χ0v) is 29.9. The number of amides is 2. The van der Waals surface area contributed by atoms with E-state index < -0.39 is 23.7 Å². The van der Waals surface area contributed by atoms with Crippen molar-refractivity contribution in [3.63, 3.8) is 0 Å². The number of pyridine rings is 1. The molecule has 2 aromatic rings. The van der Waals surface area contributed by atoms with Crippen LogP contribution in [0.1, 0.15) is 89.8 Å². The van der Waals surface area contributed by atoms with Gasteiger partial charge in [-0.15, -0.1) is 11.3 Å². The summed E-state index contributed by atoms with van der Waals surface area (Å²) in [6, 6.07) is 9.63. The Kier molecular flexibility index (Phi) is 10.7. The largest absolute Gasteiger partial charge is 0.455 e. The first-order chi connectivity index (χ1) is 22.8. The Bertz CT molecular complexity index is 1630. The molecule has 0 aromatic carbocycles. The number of nitrogens with one attached hydrogen (secondary N) is 1. The quantitative estimate of drug-likeness (QED) is 0.129. The predicted molar refractivity (Wildman–Crippen MR) is 187 cm³/mol. The summed E-state index contributed by atoms with van der Waals surface area (Å²) in [5.41, 5.74) is 1.56. The van der Waals surface area contributed by atoms with Crippen LogP contribution < -0.4 is 5.43 Å². The van der Waals surface area contributed by atoms with Gasteiger partial charge in [-0.1, -0.05) is 38.7 Å². The van der Waals surface area contributed by atoms with Crippen LogP contribution in [-0.4, -0.2) is 75.7 Å². The molecule has 5 rings (SSSR count). The normalized spacial score (nSPS) is 32.8. The van der Waals surface area contributed by atoms with E-state index >= 15 is 0 Å². The maximum atomic E-state index is 13.6. The molecule has 2 saturated heterocycles. The lowest BCUT2D eigenvalue weighted by Gasteiger charge is -2.40.